The minimum Gasteiger partial charge on any atom is -0.506 e. The number of cyclic esters (lactones) is 1. The Labute approximate surface area is 61.0 Å². The third-order valence-electron chi connectivity index (χ3n) is 1.21. The molecule has 1 rings (SSSR count). The van der Waals surface area contributed by atoms with Gasteiger partial charge in [0.05, 0.1) is 0 Å². The lowest BCUT2D eigenvalue weighted by molar-refractivity contribution is -0.191. The molecule has 62 valence electrons. The maximum absolute atomic E-state index is 10.4. The van der Waals surface area contributed by atoms with Gasteiger partial charge in [-0.05, 0) is 0 Å². The second-order valence-electron chi connectivity index (χ2n) is 1.97. The van der Waals surface area contributed by atoms with Gasteiger partial charge in [0.2, 0.25) is 12.0 Å². The zero-order chi connectivity index (χ0) is 8.59. The van der Waals surface area contributed by atoms with Crippen LogP contribution in [0.2, 0.25) is 0 Å². The molecule has 2 unspecified atom stereocenters. The minimum absolute atomic E-state index is 0.978. The molecule has 1 heterocycles. The SMILES string of the molecule is O=C1OC(O)C(O)C(O)=C1O. The van der Waals surface area contributed by atoms with Gasteiger partial charge in [0, 0.05) is 0 Å². The Morgan fingerprint density at radius 3 is 2.36 bits per heavy atom. The molecule has 0 spiro atoms. The summed E-state index contributed by atoms with van der Waals surface area (Å²) in [5.74, 6) is -3.32. The number of hydrogen-bond donors (Lipinski definition) is 4. The van der Waals surface area contributed by atoms with Gasteiger partial charge in [-0.15, -0.1) is 0 Å². The van der Waals surface area contributed by atoms with Crippen molar-refractivity contribution in [1.29, 1.82) is 0 Å². The highest BCUT2D eigenvalue weighted by Crippen LogP contribution is 2.16. The number of hydrogen-bond acceptors (Lipinski definition) is 6. The molecule has 0 bridgehead atoms. The summed E-state index contributed by atoms with van der Waals surface area (Å²) in [6.45, 7) is 0. The Bertz CT molecular complexity index is 219. The lowest BCUT2D eigenvalue weighted by Crippen LogP contribution is -2.38. The molecule has 0 amide bonds. The van der Waals surface area contributed by atoms with Gasteiger partial charge in [0.25, 0.3) is 0 Å². The first-order valence-corrected chi connectivity index (χ1v) is 2.73. The smallest absolute Gasteiger partial charge is 0.379 e. The van der Waals surface area contributed by atoms with Crippen LogP contribution in [0.25, 0.3) is 0 Å². The standard InChI is InChI=1S/C5H6O6/c6-1-2(7)4(9)11-5(10)3(1)8/h2,4,6-9H. The maximum atomic E-state index is 10.4. The van der Waals surface area contributed by atoms with Crippen molar-refractivity contribution in [2.75, 3.05) is 0 Å². The summed E-state index contributed by atoms with van der Waals surface area (Å²) < 4.78 is 3.98. The summed E-state index contributed by atoms with van der Waals surface area (Å²) in [5, 5.41) is 34.7. The zero-order valence-corrected chi connectivity index (χ0v) is 5.26. The van der Waals surface area contributed by atoms with Crippen LogP contribution in [0.5, 0.6) is 0 Å². The second-order valence-corrected chi connectivity index (χ2v) is 1.97. The number of carbonyl (C=O) groups is 1. The Morgan fingerprint density at radius 2 is 1.82 bits per heavy atom. The Hall–Kier alpha value is -1.27. The maximum Gasteiger partial charge on any atom is 0.379 e. The van der Waals surface area contributed by atoms with E-state index in [4.69, 9.17) is 20.4 Å². The zero-order valence-electron chi connectivity index (χ0n) is 5.26. The molecule has 0 aromatic rings. The van der Waals surface area contributed by atoms with Crippen LogP contribution >= 0.6 is 0 Å². The molecule has 0 saturated carbocycles. The first kappa shape index (κ1) is 7.83. The summed E-state index contributed by atoms with van der Waals surface area (Å²) in [5.41, 5.74) is 0. The number of aliphatic hydroxyl groups is 4. The fraction of sp³-hybridized carbons (Fsp3) is 0.400. The van der Waals surface area contributed by atoms with E-state index in [9.17, 15) is 4.79 Å². The summed E-state index contributed by atoms with van der Waals surface area (Å²) in [4.78, 5) is 10.4. The molecule has 0 saturated heterocycles. The topological polar surface area (TPSA) is 107 Å². The number of ether oxygens (including phenoxy) is 1. The molecule has 0 aromatic heterocycles. The highest BCUT2D eigenvalue weighted by Gasteiger charge is 2.35. The molecule has 0 aromatic carbocycles. The fourth-order valence-electron chi connectivity index (χ4n) is 0.610. The van der Waals surface area contributed by atoms with Gasteiger partial charge in [0.15, 0.2) is 11.9 Å². The van der Waals surface area contributed by atoms with Crippen LogP contribution in [0.3, 0.4) is 0 Å². The highest BCUT2D eigenvalue weighted by atomic mass is 16.7. The van der Waals surface area contributed by atoms with E-state index in [1.165, 1.54) is 0 Å². The molecule has 0 fully saturated rings. The van der Waals surface area contributed by atoms with Crippen molar-refractivity contribution in [2.45, 2.75) is 12.4 Å². The summed E-state index contributed by atoms with van der Waals surface area (Å²) in [7, 11) is 0. The average molecular weight is 162 g/mol. The van der Waals surface area contributed by atoms with Crippen LogP contribution in [0.4, 0.5) is 0 Å². The summed E-state index contributed by atoms with van der Waals surface area (Å²) in [6, 6.07) is 0. The normalized spacial score (nSPS) is 32.0. The van der Waals surface area contributed by atoms with Crippen molar-refractivity contribution in [2.24, 2.45) is 0 Å². The third-order valence-corrected chi connectivity index (χ3v) is 1.21. The monoisotopic (exact) mass is 162 g/mol. The van der Waals surface area contributed by atoms with Crippen molar-refractivity contribution in [3.8, 4) is 0 Å². The number of rotatable bonds is 0. The Morgan fingerprint density at radius 1 is 1.27 bits per heavy atom. The quantitative estimate of drug-likeness (QED) is 0.324. The minimum atomic E-state index is -1.82. The van der Waals surface area contributed by atoms with Gasteiger partial charge < -0.3 is 25.2 Å². The second kappa shape index (κ2) is 2.40. The van der Waals surface area contributed by atoms with Gasteiger partial charge in [-0.3, -0.25) is 0 Å². The van der Waals surface area contributed by atoms with Crippen molar-refractivity contribution < 1.29 is 30.0 Å². The molecule has 4 N–H and O–H groups in total. The van der Waals surface area contributed by atoms with E-state index in [2.05, 4.69) is 4.74 Å². The number of carbonyl (C=O) groups excluding carboxylic acids is 1. The molecule has 0 radical (unpaired) electrons. The van der Waals surface area contributed by atoms with E-state index in [1.807, 2.05) is 0 Å². The predicted octanol–water partition coefficient (Wildman–Crippen LogP) is -1.45. The molecular weight excluding hydrogens is 156 g/mol. The van der Waals surface area contributed by atoms with Crippen LogP contribution in [0.15, 0.2) is 11.5 Å². The van der Waals surface area contributed by atoms with E-state index in [0.717, 1.165) is 0 Å². The van der Waals surface area contributed by atoms with Crippen LogP contribution in [-0.4, -0.2) is 38.8 Å². The molecule has 6 heteroatoms. The Kier molecular flexibility index (Phi) is 1.71. The van der Waals surface area contributed by atoms with E-state index in [-0.39, 0.29) is 0 Å². The van der Waals surface area contributed by atoms with Crippen molar-refractivity contribution >= 4 is 5.97 Å². The largest absolute Gasteiger partial charge is 0.506 e. The molecule has 6 nitrogen and oxygen atoms in total. The van der Waals surface area contributed by atoms with Crippen LogP contribution in [0.1, 0.15) is 0 Å². The fourth-order valence-corrected chi connectivity index (χ4v) is 0.610. The molecule has 11 heavy (non-hydrogen) atoms. The molecule has 1 aliphatic heterocycles. The van der Waals surface area contributed by atoms with E-state index < -0.39 is 29.9 Å². The third kappa shape index (κ3) is 1.13. The van der Waals surface area contributed by atoms with E-state index in [0.29, 0.717) is 0 Å². The van der Waals surface area contributed by atoms with Gasteiger partial charge in [-0.1, -0.05) is 0 Å². The first-order chi connectivity index (χ1) is 5.04. The van der Waals surface area contributed by atoms with Crippen LogP contribution < -0.4 is 0 Å². The highest BCUT2D eigenvalue weighted by molar-refractivity contribution is 5.87. The van der Waals surface area contributed by atoms with Gasteiger partial charge >= 0.3 is 5.97 Å². The van der Waals surface area contributed by atoms with E-state index in [1.54, 1.807) is 0 Å². The predicted molar refractivity (Wildman–Crippen MR) is 30.4 cm³/mol. The number of aliphatic hydroxyl groups excluding tert-OH is 4. The number of esters is 1. The molecular formula is C5H6O6. The first-order valence-electron chi connectivity index (χ1n) is 2.73. The molecule has 0 aliphatic carbocycles. The lowest BCUT2D eigenvalue weighted by Gasteiger charge is -2.22. The Balaban J connectivity index is 2.98. The van der Waals surface area contributed by atoms with Crippen LogP contribution in [0, 0.1) is 0 Å². The van der Waals surface area contributed by atoms with Gasteiger partial charge in [-0.2, -0.15) is 0 Å². The average Bonchev–Trinajstić information content (AvgIpc) is 1.97. The molecule has 1 aliphatic rings. The van der Waals surface area contributed by atoms with Crippen LogP contribution in [-0.2, 0) is 9.53 Å². The van der Waals surface area contributed by atoms with Crippen molar-refractivity contribution in [3.05, 3.63) is 11.5 Å². The van der Waals surface area contributed by atoms with Gasteiger partial charge in [-0.25, -0.2) is 4.79 Å². The summed E-state index contributed by atoms with van der Waals surface area (Å²) in [6.07, 6.45) is -3.59. The molecule has 2 atom stereocenters. The lowest BCUT2D eigenvalue weighted by atomic mass is 10.2. The van der Waals surface area contributed by atoms with Crippen molar-refractivity contribution in [3.63, 3.8) is 0 Å². The van der Waals surface area contributed by atoms with Crippen molar-refractivity contribution in [1.82, 2.24) is 0 Å². The summed E-state index contributed by atoms with van der Waals surface area (Å²) >= 11 is 0. The van der Waals surface area contributed by atoms with E-state index >= 15 is 0 Å². The van der Waals surface area contributed by atoms with Gasteiger partial charge in [0.1, 0.15) is 0 Å².